The largest absolute Gasteiger partial charge is 0.357 e. The fraction of sp³-hybridized carbons (Fsp3) is 0.579. The maximum absolute atomic E-state index is 11.5. The van der Waals surface area contributed by atoms with Gasteiger partial charge in [-0.25, -0.2) is 0 Å². The molecule has 138 valence electrons. The first kappa shape index (κ1) is 19.8. The molecular formula is C19H29BrN4O. The fourth-order valence-electron chi connectivity index (χ4n) is 3.03. The van der Waals surface area contributed by atoms with Gasteiger partial charge < -0.3 is 15.1 Å². The van der Waals surface area contributed by atoms with Crippen LogP contribution in [-0.2, 0) is 10.2 Å². The van der Waals surface area contributed by atoms with Gasteiger partial charge in [-0.15, -0.1) is 0 Å². The van der Waals surface area contributed by atoms with Crippen molar-refractivity contribution in [2.24, 2.45) is 4.99 Å². The van der Waals surface area contributed by atoms with Gasteiger partial charge in [-0.2, -0.15) is 0 Å². The van der Waals surface area contributed by atoms with Crippen molar-refractivity contribution in [3.05, 3.63) is 34.3 Å². The minimum atomic E-state index is -0.0675. The van der Waals surface area contributed by atoms with E-state index in [1.807, 2.05) is 11.0 Å². The van der Waals surface area contributed by atoms with Crippen LogP contribution in [-0.4, -0.2) is 60.9 Å². The van der Waals surface area contributed by atoms with Gasteiger partial charge in [0.1, 0.15) is 0 Å². The molecular weight excluding hydrogens is 380 g/mol. The maximum Gasteiger partial charge on any atom is 0.219 e. The lowest BCUT2D eigenvalue weighted by molar-refractivity contribution is -0.130. The quantitative estimate of drug-likeness (QED) is 0.615. The summed E-state index contributed by atoms with van der Waals surface area (Å²) in [4.78, 5) is 20.6. The van der Waals surface area contributed by atoms with Gasteiger partial charge in [0.15, 0.2) is 5.96 Å². The Balaban J connectivity index is 2.09. The number of nitrogens with zero attached hydrogens (tertiary/aromatic N) is 3. The van der Waals surface area contributed by atoms with Crippen LogP contribution in [0.15, 0.2) is 33.7 Å². The van der Waals surface area contributed by atoms with Crippen molar-refractivity contribution in [2.45, 2.75) is 33.1 Å². The number of guanidine groups is 1. The number of rotatable bonds is 4. The van der Waals surface area contributed by atoms with Gasteiger partial charge >= 0.3 is 0 Å². The third kappa shape index (κ3) is 5.21. The maximum atomic E-state index is 11.5. The highest BCUT2D eigenvalue weighted by atomic mass is 79.9. The van der Waals surface area contributed by atoms with Crippen molar-refractivity contribution in [3.8, 4) is 0 Å². The van der Waals surface area contributed by atoms with Gasteiger partial charge in [-0.3, -0.25) is 9.79 Å². The summed E-state index contributed by atoms with van der Waals surface area (Å²) in [6.45, 7) is 12.8. The van der Waals surface area contributed by atoms with E-state index >= 15 is 0 Å². The Kier molecular flexibility index (Phi) is 6.87. The molecule has 6 heteroatoms. The molecule has 0 saturated carbocycles. The third-order valence-electron chi connectivity index (χ3n) is 4.59. The van der Waals surface area contributed by atoms with Crippen LogP contribution in [0.25, 0.3) is 0 Å². The lowest BCUT2D eigenvalue weighted by atomic mass is 9.85. The van der Waals surface area contributed by atoms with Crippen molar-refractivity contribution in [3.63, 3.8) is 0 Å². The minimum Gasteiger partial charge on any atom is -0.357 e. The molecule has 0 atom stereocenters. The number of nitrogens with one attached hydrogen (secondary N) is 1. The van der Waals surface area contributed by atoms with Gasteiger partial charge in [0, 0.05) is 49.5 Å². The van der Waals surface area contributed by atoms with E-state index in [1.165, 1.54) is 5.56 Å². The van der Waals surface area contributed by atoms with E-state index in [4.69, 9.17) is 4.99 Å². The average molecular weight is 409 g/mol. The van der Waals surface area contributed by atoms with Crippen molar-refractivity contribution in [1.29, 1.82) is 0 Å². The number of benzene rings is 1. The molecule has 0 radical (unpaired) electrons. The average Bonchev–Trinajstić information content (AvgIpc) is 2.59. The van der Waals surface area contributed by atoms with E-state index in [0.29, 0.717) is 6.54 Å². The zero-order chi connectivity index (χ0) is 18.4. The normalized spacial score (nSPS) is 16.1. The molecule has 0 aliphatic carbocycles. The van der Waals surface area contributed by atoms with Gasteiger partial charge in [-0.1, -0.05) is 48.0 Å². The molecule has 0 aromatic heterocycles. The predicted octanol–water partition coefficient (Wildman–Crippen LogP) is 2.86. The first-order valence-corrected chi connectivity index (χ1v) is 9.68. The van der Waals surface area contributed by atoms with Crippen LogP contribution in [0.2, 0.25) is 0 Å². The molecule has 0 bridgehead atoms. The molecule has 5 nitrogen and oxygen atoms in total. The van der Waals surface area contributed by atoms with Crippen LogP contribution in [0, 0.1) is 0 Å². The number of piperazine rings is 1. The van der Waals surface area contributed by atoms with E-state index in [1.54, 1.807) is 6.92 Å². The summed E-state index contributed by atoms with van der Waals surface area (Å²) in [6, 6.07) is 8.33. The standard InChI is InChI=1S/C19H29BrN4O/c1-5-21-18(24-12-10-23(11-13-24)15(2)25)22-14-19(3,4)16-8-6-7-9-17(16)20/h6-9H,5,10-14H2,1-4H3,(H,21,22). The lowest BCUT2D eigenvalue weighted by Crippen LogP contribution is -2.53. The molecule has 1 N–H and O–H groups in total. The number of hydrogen-bond donors (Lipinski definition) is 1. The van der Waals surface area contributed by atoms with Crippen LogP contribution < -0.4 is 5.32 Å². The fourth-order valence-corrected chi connectivity index (χ4v) is 3.85. The summed E-state index contributed by atoms with van der Waals surface area (Å²) in [5.41, 5.74) is 1.19. The molecule has 1 heterocycles. The first-order valence-electron chi connectivity index (χ1n) is 8.89. The van der Waals surface area contributed by atoms with E-state index in [2.05, 4.69) is 65.1 Å². The lowest BCUT2D eigenvalue weighted by Gasteiger charge is -2.36. The summed E-state index contributed by atoms with van der Waals surface area (Å²) in [5.74, 6) is 1.09. The minimum absolute atomic E-state index is 0.0675. The molecule has 1 aromatic rings. The Morgan fingerprint density at radius 1 is 1.20 bits per heavy atom. The molecule has 1 fully saturated rings. The molecule has 1 aliphatic heterocycles. The van der Waals surface area contributed by atoms with E-state index in [0.717, 1.165) is 43.2 Å². The Labute approximate surface area is 159 Å². The van der Waals surface area contributed by atoms with E-state index < -0.39 is 0 Å². The molecule has 0 unspecified atom stereocenters. The highest BCUT2D eigenvalue weighted by Crippen LogP contribution is 2.30. The van der Waals surface area contributed by atoms with Gasteiger partial charge in [0.05, 0.1) is 6.54 Å². The zero-order valence-corrected chi connectivity index (χ0v) is 17.3. The molecule has 0 spiro atoms. The second kappa shape index (κ2) is 8.70. The summed E-state index contributed by atoms with van der Waals surface area (Å²) in [7, 11) is 0. The van der Waals surface area contributed by atoms with Crippen molar-refractivity contribution >= 4 is 27.8 Å². The zero-order valence-electron chi connectivity index (χ0n) is 15.7. The van der Waals surface area contributed by atoms with Crippen LogP contribution >= 0.6 is 15.9 Å². The highest BCUT2D eigenvalue weighted by molar-refractivity contribution is 9.10. The predicted molar refractivity (Wildman–Crippen MR) is 107 cm³/mol. The number of aliphatic imine (C=N–C) groups is 1. The third-order valence-corrected chi connectivity index (χ3v) is 5.28. The SMILES string of the molecule is CCNC(=NCC(C)(C)c1ccccc1Br)N1CCN(C(C)=O)CC1. The number of carbonyl (C=O) groups excluding carboxylic acids is 1. The number of carbonyl (C=O) groups is 1. The molecule has 1 aliphatic rings. The number of amides is 1. The second-order valence-corrected chi connectivity index (χ2v) is 7.88. The molecule has 1 aromatic carbocycles. The van der Waals surface area contributed by atoms with Crippen molar-refractivity contribution in [2.75, 3.05) is 39.3 Å². The van der Waals surface area contributed by atoms with Crippen LogP contribution in [0.1, 0.15) is 33.3 Å². The Bertz CT molecular complexity index is 622. The van der Waals surface area contributed by atoms with Crippen LogP contribution in [0.4, 0.5) is 0 Å². The molecule has 1 saturated heterocycles. The smallest absolute Gasteiger partial charge is 0.219 e. The van der Waals surface area contributed by atoms with Crippen molar-refractivity contribution in [1.82, 2.24) is 15.1 Å². The van der Waals surface area contributed by atoms with Crippen LogP contribution in [0.3, 0.4) is 0 Å². The number of halogens is 1. The summed E-state index contributed by atoms with van der Waals surface area (Å²) in [5, 5.41) is 3.40. The monoisotopic (exact) mass is 408 g/mol. The topological polar surface area (TPSA) is 47.9 Å². The van der Waals surface area contributed by atoms with Gasteiger partial charge in [0.2, 0.25) is 5.91 Å². The summed E-state index contributed by atoms with van der Waals surface area (Å²) >= 11 is 3.65. The highest BCUT2D eigenvalue weighted by Gasteiger charge is 2.25. The Morgan fingerprint density at radius 3 is 2.36 bits per heavy atom. The second-order valence-electron chi connectivity index (χ2n) is 7.03. The summed E-state index contributed by atoms with van der Waals surface area (Å²) in [6.07, 6.45) is 0. The Morgan fingerprint density at radius 2 is 1.80 bits per heavy atom. The Hall–Kier alpha value is -1.56. The first-order chi connectivity index (χ1) is 11.8. The van der Waals surface area contributed by atoms with Crippen molar-refractivity contribution < 1.29 is 4.79 Å². The van der Waals surface area contributed by atoms with E-state index in [9.17, 15) is 4.79 Å². The van der Waals surface area contributed by atoms with Gasteiger partial charge in [-0.05, 0) is 18.6 Å². The number of hydrogen-bond acceptors (Lipinski definition) is 2. The molecule has 1 amide bonds. The van der Waals surface area contributed by atoms with Gasteiger partial charge in [0.25, 0.3) is 0 Å². The summed E-state index contributed by atoms with van der Waals surface area (Å²) < 4.78 is 1.12. The molecule has 2 rings (SSSR count). The molecule has 25 heavy (non-hydrogen) atoms. The van der Waals surface area contributed by atoms with Crippen LogP contribution in [0.5, 0.6) is 0 Å². The van der Waals surface area contributed by atoms with E-state index in [-0.39, 0.29) is 11.3 Å².